The number of carbonyl (C=O) groups excluding carboxylic acids is 1. The highest BCUT2D eigenvalue weighted by molar-refractivity contribution is 7.87. The van der Waals surface area contributed by atoms with E-state index in [1.165, 1.54) is 0 Å². The maximum atomic E-state index is 11.9. The van der Waals surface area contributed by atoms with E-state index in [9.17, 15) is 31.5 Å². The molecule has 0 amide bonds. The Morgan fingerprint density at radius 3 is 2.41 bits per heavy atom. The van der Waals surface area contributed by atoms with Crippen LogP contribution in [0.5, 0.6) is 0 Å². The van der Waals surface area contributed by atoms with Crippen LogP contribution < -0.4 is 5.11 Å². The molecule has 98 valence electrons. The molecule has 1 aliphatic carbocycles. The van der Waals surface area contributed by atoms with Gasteiger partial charge < -0.3 is 14.1 Å². The molecule has 0 aliphatic heterocycles. The lowest BCUT2D eigenvalue weighted by Crippen LogP contribution is -2.32. The summed E-state index contributed by atoms with van der Waals surface area (Å²) in [6, 6.07) is 0. The van der Waals surface area contributed by atoms with Crippen LogP contribution in [0.4, 0.5) is 13.2 Å². The van der Waals surface area contributed by atoms with Crippen molar-refractivity contribution in [1.29, 1.82) is 0 Å². The summed E-state index contributed by atoms with van der Waals surface area (Å²) in [6.45, 7) is 0. The number of carboxylic acid groups (broad SMARTS) is 1. The quantitative estimate of drug-likeness (QED) is 0.545. The number of halogens is 3. The predicted molar refractivity (Wildman–Crippen MR) is 46.5 cm³/mol. The summed E-state index contributed by atoms with van der Waals surface area (Å²) < 4.78 is 61.0. The summed E-state index contributed by atoms with van der Waals surface area (Å²) in [6.07, 6.45) is 0.716. The third-order valence-corrected chi connectivity index (χ3v) is 3.20. The van der Waals surface area contributed by atoms with E-state index in [1.54, 1.807) is 0 Å². The van der Waals surface area contributed by atoms with Gasteiger partial charge in [-0.05, 0) is 18.9 Å². The Balaban J connectivity index is 2.71. The van der Waals surface area contributed by atoms with Crippen LogP contribution in [0.25, 0.3) is 0 Å². The first-order chi connectivity index (χ1) is 7.63. The molecule has 5 nitrogen and oxygen atoms in total. The van der Waals surface area contributed by atoms with Gasteiger partial charge >= 0.3 is 15.6 Å². The Kier molecular flexibility index (Phi) is 3.70. The van der Waals surface area contributed by atoms with Gasteiger partial charge in [-0.3, -0.25) is 0 Å². The summed E-state index contributed by atoms with van der Waals surface area (Å²) >= 11 is 0. The fourth-order valence-electron chi connectivity index (χ4n) is 1.29. The van der Waals surface area contributed by atoms with Crippen molar-refractivity contribution in [2.24, 2.45) is 5.92 Å². The third-order valence-electron chi connectivity index (χ3n) is 2.20. The molecule has 9 heteroatoms. The second-order valence-corrected chi connectivity index (χ2v) is 4.98. The Morgan fingerprint density at radius 2 is 2.06 bits per heavy atom. The minimum absolute atomic E-state index is 0.0124. The van der Waals surface area contributed by atoms with Crippen molar-refractivity contribution in [3.63, 3.8) is 0 Å². The lowest BCUT2D eigenvalue weighted by Gasteiger charge is -2.22. The monoisotopic (exact) mass is 273 g/mol. The van der Waals surface area contributed by atoms with Crippen molar-refractivity contribution in [3.05, 3.63) is 11.8 Å². The molecule has 1 unspecified atom stereocenters. The molecule has 0 aromatic carbocycles. The fourth-order valence-corrected chi connectivity index (χ4v) is 1.82. The molecule has 0 spiro atoms. The molecule has 0 heterocycles. The molecule has 0 radical (unpaired) electrons. The molecule has 0 fully saturated rings. The van der Waals surface area contributed by atoms with Crippen LogP contribution in [-0.2, 0) is 19.1 Å². The Labute approximate surface area is 95.0 Å². The van der Waals surface area contributed by atoms with Gasteiger partial charge in [-0.1, -0.05) is 0 Å². The second-order valence-electron chi connectivity index (χ2n) is 3.44. The zero-order valence-electron chi connectivity index (χ0n) is 8.36. The number of allylic oxidation sites excluding steroid dienone is 2. The van der Waals surface area contributed by atoms with Gasteiger partial charge in [0, 0.05) is 18.3 Å². The van der Waals surface area contributed by atoms with Crippen molar-refractivity contribution in [2.45, 2.75) is 24.8 Å². The number of carbonyl (C=O) groups is 1. The zero-order valence-corrected chi connectivity index (χ0v) is 9.18. The number of aliphatic carboxylic acids is 1. The average Bonchev–Trinajstić information content (AvgIpc) is 2.16. The van der Waals surface area contributed by atoms with Crippen molar-refractivity contribution in [2.75, 3.05) is 0 Å². The van der Waals surface area contributed by atoms with E-state index in [2.05, 4.69) is 4.18 Å². The minimum atomic E-state index is -5.67. The van der Waals surface area contributed by atoms with E-state index in [4.69, 9.17) is 0 Å². The average molecular weight is 273 g/mol. The van der Waals surface area contributed by atoms with E-state index in [-0.39, 0.29) is 25.0 Å². The largest absolute Gasteiger partial charge is 0.550 e. The van der Waals surface area contributed by atoms with Crippen LogP contribution in [0, 0.1) is 5.92 Å². The molecule has 0 bridgehead atoms. The van der Waals surface area contributed by atoms with Gasteiger partial charge in [0.05, 0.1) is 0 Å². The van der Waals surface area contributed by atoms with Crippen molar-refractivity contribution in [1.82, 2.24) is 0 Å². The van der Waals surface area contributed by atoms with Gasteiger partial charge in [0.25, 0.3) is 0 Å². The SMILES string of the molecule is O=C([O-])C1CC=C(OS(=O)(=O)C(F)(F)F)CC1. The van der Waals surface area contributed by atoms with Crippen LogP contribution in [-0.4, -0.2) is 19.9 Å². The van der Waals surface area contributed by atoms with Crippen LogP contribution in [0.1, 0.15) is 19.3 Å². The highest BCUT2D eigenvalue weighted by atomic mass is 32.2. The fraction of sp³-hybridized carbons (Fsp3) is 0.625. The smallest absolute Gasteiger partial charge is 0.534 e. The number of carboxylic acids is 1. The summed E-state index contributed by atoms with van der Waals surface area (Å²) in [5.74, 6) is -2.53. The second kappa shape index (κ2) is 4.55. The van der Waals surface area contributed by atoms with Gasteiger partial charge in [0.15, 0.2) is 0 Å². The molecule has 0 saturated carbocycles. The first-order valence-corrected chi connectivity index (χ1v) is 5.95. The molecule has 1 aliphatic rings. The van der Waals surface area contributed by atoms with Crippen LogP contribution in [0.15, 0.2) is 11.8 Å². The molecular weight excluding hydrogens is 265 g/mol. The summed E-state index contributed by atoms with van der Waals surface area (Å²) in [5.41, 5.74) is -5.49. The Bertz CT molecular complexity index is 437. The maximum absolute atomic E-state index is 11.9. The standard InChI is InChI=1S/C8H9F3O5S/c9-8(10,11)17(14,15)16-6-3-1-5(2-4-6)7(12)13/h3,5H,1-2,4H2,(H,12,13)/p-1. The van der Waals surface area contributed by atoms with Crippen LogP contribution in [0.2, 0.25) is 0 Å². The molecular formula is C8H8F3O5S-. The zero-order chi connectivity index (χ0) is 13.3. The maximum Gasteiger partial charge on any atom is 0.534 e. The van der Waals surface area contributed by atoms with E-state index in [0.29, 0.717) is 0 Å². The number of hydrogen-bond acceptors (Lipinski definition) is 5. The Hall–Kier alpha value is -1.25. The van der Waals surface area contributed by atoms with Gasteiger partial charge in [-0.25, -0.2) is 0 Å². The van der Waals surface area contributed by atoms with E-state index >= 15 is 0 Å². The molecule has 1 atom stereocenters. The van der Waals surface area contributed by atoms with Gasteiger partial charge in [0.1, 0.15) is 5.76 Å². The highest BCUT2D eigenvalue weighted by Gasteiger charge is 2.48. The minimum Gasteiger partial charge on any atom is -0.550 e. The van der Waals surface area contributed by atoms with E-state index in [1.807, 2.05) is 0 Å². The van der Waals surface area contributed by atoms with E-state index in [0.717, 1.165) is 6.08 Å². The summed E-state index contributed by atoms with van der Waals surface area (Å²) in [5, 5.41) is 10.4. The number of rotatable bonds is 3. The molecule has 17 heavy (non-hydrogen) atoms. The van der Waals surface area contributed by atoms with Crippen LogP contribution >= 0.6 is 0 Å². The third kappa shape index (κ3) is 3.35. The normalized spacial score (nSPS) is 21.8. The summed E-state index contributed by atoms with van der Waals surface area (Å²) in [7, 11) is -5.67. The van der Waals surface area contributed by atoms with E-state index < -0.39 is 27.5 Å². The van der Waals surface area contributed by atoms with Crippen molar-refractivity contribution >= 4 is 16.1 Å². The predicted octanol–water partition coefficient (Wildman–Crippen LogP) is 0.287. The summed E-state index contributed by atoms with van der Waals surface area (Å²) in [4.78, 5) is 10.4. The van der Waals surface area contributed by atoms with Gasteiger partial charge in [-0.15, -0.1) is 0 Å². The lowest BCUT2D eigenvalue weighted by atomic mass is 9.94. The van der Waals surface area contributed by atoms with Gasteiger partial charge in [-0.2, -0.15) is 21.6 Å². The number of hydrogen-bond donors (Lipinski definition) is 0. The molecule has 0 N–H and O–H groups in total. The number of alkyl halides is 3. The highest BCUT2D eigenvalue weighted by Crippen LogP contribution is 2.30. The molecule has 0 aromatic heterocycles. The topological polar surface area (TPSA) is 83.5 Å². The Morgan fingerprint density at radius 1 is 1.47 bits per heavy atom. The first-order valence-electron chi connectivity index (χ1n) is 4.54. The lowest BCUT2D eigenvalue weighted by molar-refractivity contribution is -0.311. The molecule has 0 saturated heterocycles. The molecule has 0 aromatic rings. The van der Waals surface area contributed by atoms with Crippen molar-refractivity contribution in [3.8, 4) is 0 Å². The first kappa shape index (κ1) is 13.8. The van der Waals surface area contributed by atoms with Crippen LogP contribution in [0.3, 0.4) is 0 Å². The van der Waals surface area contributed by atoms with Crippen molar-refractivity contribution < 1.29 is 35.7 Å². The van der Waals surface area contributed by atoms with Gasteiger partial charge in [0.2, 0.25) is 0 Å². The molecule has 1 rings (SSSR count).